The van der Waals surface area contributed by atoms with Gasteiger partial charge in [0.05, 0.1) is 3.57 Å². The third-order valence-electron chi connectivity index (χ3n) is 1.30. The van der Waals surface area contributed by atoms with Crippen LogP contribution in [0.25, 0.3) is 0 Å². The van der Waals surface area contributed by atoms with Gasteiger partial charge in [-0.15, -0.1) is 0 Å². The summed E-state index contributed by atoms with van der Waals surface area (Å²) in [7, 11) is 0. The molecular weight excluding hydrogens is 312 g/mol. The highest BCUT2D eigenvalue weighted by molar-refractivity contribution is 14.1. The Hall–Kier alpha value is -0.480. The highest BCUT2D eigenvalue weighted by Gasteiger charge is 2.16. The Morgan fingerprint density at radius 1 is 1.62 bits per heavy atom. The van der Waals surface area contributed by atoms with Crippen molar-refractivity contribution in [3.05, 3.63) is 26.0 Å². The van der Waals surface area contributed by atoms with Gasteiger partial charge < -0.3 is 0 Å². The maximum Gasteiger partial charge on any atom is 0.265 e. The fourth-order valence-electron chi connectivity index (χ4n) is 0.749. The van der Waals surface area contributed by atoms with Crippen LogP contribution in [0, 0.1) is 14.9 Å². The number of aromatic nitrogens is 1. The van der Waals surface area contributed by atoms with Crippen LogP contribution < -0.4 is 0 Å². The quantitative estimate of drug-likeness (QED) is 0.590. The van der Waals surface area contributed by atoms with Crippen LogP contribution in [-0.2, 0) is 0 Å². The Morgan fingerprint density at radius 2 is 2.23 bits per heavy atom. The van der Waals surface area contributed by atoms with Gasteiger partial charge in [0, 0.05) is 5.56 Å². The van der Waals surface area contributed by atoms with Gasteiger partial charge in [0.2, 0.25) is 0 Å². The number of nitrogens with zero attached hydrogens (tertiary/aromatic N) is 2. The summed E-state index contributed by atoms with van der Waals surface area (Å²) >= 11 is 7.10. The van der Waals surface area contributed by atoms with Gasteiger partial charge in [-0.3, -0.25) is 0 Å². The molecule has 0 fully saturated rings. The molecule has 0 bridgehead atoms. The Labute approximate surface area is 91.7 Å². The number of rotatable bonds is 1. The fourth-order valence-corrected chi connectivity index (χ4v) is 1.58. The number of alkyl halides is 2. The first-order valence-electron chi connectivity index (χ1n) is 3.10. The van der Waals surface area contributed by atoms with Crippen LogP contribution in [-0.4, -0.2) is 4.98 Å². The number of hydrogen-bond donors (Lipinski definition) is 0. The van der Waals surface area contributed by atoms with Crippen molar-refractivity contribution in [1.29, 1.82) is 5.26 Å². The molecule has 0 spiro atoms. The number of hydrogen-bond acceptors (Lipinski definition) is 2. The molecule has 0 saturated heterocycles. The lowest BCUT2D eigenvalue weighted by Gasteiger charge is -2.04. The van der Waals surface area contributed by atoms with E-state index in [9.17, 15) is 8.78 Å². The van der Waals surface area contributed by atoms with E-state index in [4.69, 9.17) is 16.9 Å². The first kappa shape index (κ1) is 10.6. The standard InChI is InChI=1S/C7H2ClF2IN2/c8-5-1-3(7(9)10)6(11)4(2-12)13-5/h1,7H. The number of halogens is 4. The molecule has 2 nitrogen and oxygen atoms in total. The molecule has 0 N–H and O–H groups in total. The van der Waals surface area contributed by atoms with Crippen molar-refractivity contribution >= 4 is 34.2 Å². The second-order valence-electron chi connectivity index (χ2n) is 2.11. The van der Waals surface area contributed by atoms with Crippen molar-refractivity contribution in [3.8, 4) is 6.07 Å². The van der Waals surface area contributed by atoms with Crippen LogP contribution in [0.3, 0.4) is 0 Å². The van der Waals surface area contributed by atoms with E-state index in [1.807, 2.05) is 0 Å². The largest absolute Gasteiger partial charge is 0.265 e. The summed E-state index contributed by atoms with van der Waals surface area (Å²) in [4.78, 5) is 3.60. The molecule has 1 rings (SSSR count). The molecule has 0 amide bonds. The second kappa shape index (κ2) is 4.15. The van der Waals surface area contributed by atoms with E-state index < -0.39 is 6.43 Å². The van der Waals surface area contributed by atoms with Crippen LogP contribution in [0.4, 0.5) is 8.78 Å². The minimum absolute atomic E-state index is 0.0663. The molecule has 0 atom stereocenters. The molecular formula is C7H2ClF2IN2. The Bertz CT molecular complexity index is 375. The average molecular weight is 314 g/mol. The summed E-state index contributed by atoms with van der Waals surface area (Å²) in [5.41, 5.74) is -0.319. The van der Waals surface area contributed by atoms with E-state index in [0.29, 0.717) is 0 Å². The zero-order valence-electron chi connectivity index (χ0n) is 6.06. The van der Waals surface area contributed by atoms with E-state index in [1.165, 1.54) is 0 Å². The second-order valence-corrected chi connectivity index (χ2v) is 3.58. The molecule has 0 radical (unpaired) electrons. The molecule has 1 heterocycles. The highest BCUT2D eigenvalue weighted by atomic mass is 127. The van der Waals surface area contributed by atoms with E-state index in [-0.39, 0.29) is 20.0 Å². The minimum atomic E-state index is -2.64. The van der Waals surface area contributed by atoms with Crippen molar-refractivity contribution in [2.75, 3.05) is 0 Å². The van der Waals surface area contributed by atoms with Gasteiger partial charge in [-0.1, -0.05) is 11.6 Å². The van der Waals surface area contributed by atoms with Crippen molar-refractivity contribution in [1.82, 2.24) is 4.98 Å². The van der Waals surface area contributed by atoms with Crippen LogP contribution in [0.5, 0.6) is 0 Å². The predicted octanol–water partition coefficient (Wildman–Crippen LogP) is 3.15. The maximum atomic E-state index is 12.3. The highest BCUT2D eigenvalue weighted by Crippen LogP contribution is 2.27. The molecule has 1 aromatic rings. The topological polar surface area (TPSA) is 36.7 Å². The summed E-state index contributed by atoms with van der Waals surface area (Å²) in [6.07, 6.45) is -2.64. The normalized spacial score (nSPS) is 10.2. The molecule has 0 aliphatic carbocycles. The van der Waals surface area contributed by atoms with Crippen molar-refractivity contribution in [3.63, 3.8) is 0 Å². The number of nitriles is 1. The summed E-state index contributed by atoms with van der Waals surface area (Å²) < 4.78 is 24.8. The SMILES string of the molecule is N#Cc1nc(Cl)cc(C(F)F)c1I. The van der Waals surface area contributed by atoms with Crippen molar-refractivity contribution in [2.24, 2.45) is 0 Å². The van der Waals surface area contributed by atoms with Gasteiger partial charge in [0.15, 0.2) is 5.69 Å². The molecule has 0 unspecified atom stereocenters. The van der Waals surface area contributed by atoms with E-state index in [0.717, 1.165) is 6.07 Å². The van der Waals surface area contributed by atoms with Gasteiger partial charge >= 0.3 is 0 Å². The molecule has 1 aromatic heterocycles. The molecule has 0 aliphatic heterocycles. The molecule has 0 aliphatic rings. The average Bonchev–Trinajstić information content (AvgIpc) is 2.08. The lowest BCUT2D eigenvalue weighted by molar-refractivity contribution is 0.150. The first-order chi connectivity index (χ1) is 6.06. The smallest absolute Gasteiger partial charge is 0.224 e. The minimum Gasteiger partial charge on any atom is -0.224 e. The van der Waals surface area contributed by atoms with Gasteiger partial charge in [-0.05, 0) is 28.7 Å². The molecule has 0 saturated carbocycles. The Kier molecular flexibility index (Phi) is 3.39. The van der Waals surface area contributed by atoms with Crippen LogP contribution >= 0.6 is 34.2 Å². The van der Waals surface area contributed by atoms with Crippen molar-refractivity contribution in [2.45, 2.75) is 6.43 Å². The monoisotopic (exact) mass is 314 g/mol. The van der Waals surface area contributed by atoms with E-state index in [2.05, 4.69) is 4.98 Å². The first-order valence-corrected chi connectivity index (χ1v) is 4.56. The van der Waals surface area contributed by atoms with Crippen molar-refractivity contribution < 1.29 is 8.78 Å². The zero-order valence-corrected chi connectivity index (χ0v) is 8.97. The van der Waals surface area contributed by atoms with Gasteiger partial charge in [-0.25, -0.2) is 13.8 Å². The Morgan fingerprint density at radius 3 is 2.69 bits per heavy atom. The summed E-state index contributed by atoms with van der Waals surface area (Å²) in [6.45, 7) is 0. The molecule has 0 aromatic carbocycles. The lowest BCUT2D eigenvalue weighted by atomic mass is 10.2. The Balaban J connectivity index is 3.38. The van der Waals surface area contributed by atoms with Crippen LogP contribution in [0.1, 0.15) is 17.7 Å². The van der Waals surface area contributed by atoms with Crippen LogP contribution in [0.15, 0.2) is 6.07 Å². The predicted molar refractivity (Wildman–Crippen MR) is 51.6 cm³/mol. The molecule has 6 heteroatoms. The van der Waals surface area contributed by atoms with E-state index >= 15 is 0 Å². The summed E-state index contributed by atoms with van der Waals surface area (Å²) in [5.74, 6) is 0. The van der Waals surface area contributed by atoms with E-state index in [1.54, 1.807) is 28.7 Å². The zero-order chi connectivity index (χ0) is 10.0. The van der Waals surface area contributed by atoms with Crippen LogP contribution in [0.2, 0.25) is 5.15 Å². The van der Waals surface area contributed by atoms with Gasteiger partial charge in [0.1, 0.15) is 11.2 Å². The number of pyridine rings is 1. The third-order valence-corrected chi connectivity index (χ3v) is 2.62. The van der Waals surface area contributed by atoms with Gasteiger partial charge in [0.25, 0.3) is 6.43 Å². The fraction of sp³-hybridized carbons (Fsp3) is 0.143. The lowest BCUT2D eigenvalue weighted by Crippen LogP contribution is -1.96. The molecule has 68 valence electrons. The third kappa shape index (κ3) is 2.25. The maximum absolute atomic E-state index is 12.3. The summed E-state index contributed by atoms with van der Waals surface area (Å²) in [5, 5.41) is 8.44. The molecule has 13 heavy (non-hydrogen) atoms. The van der Waals surface area contributed by atoms with Gasteiger partial charge in [-0.2, -0.15) is 5.26 Å². The summed E-state index contributed by atoms with van der Waals surface area (Å²) in [6, 6.07) is 2.76.